The lowest BCUT2D eigenvalue weighted by atomic mass is 10.2. The van der Waals surface area contributed by atoms with E-state index < -0.39 is 11.8 Å². The lowest BCUT2D eigenvalue weighted by molar-refractivity contribution is 0.0286. The summed E-state index contributed by atoms with van der Waals surface area (Å²) in [7, 11) is 1.62. The van der Waals surface area contributed by atoms with Crippen molar-refractivity contribution in [3.05, 3.63) is 17.5 Å². The Labute approximate surface area is 110 Å². The average Bonchev–Trinajstić information content (AvgIpc) is 2.79. The molecule has 1 aliphatic rings. The Balaban J connectivity index is 1.97. The molecule has 8 heteroatoms. The third kappa shape index (κ3) is 3.30. The van der Waals surface area contributed by atoms with E-state index in [0.29, 0.717) is 19.7 Å². The van der Waals surface area contributed by atoms with Crippen LogP contribution in [0.2, 0.25) is 0 Å². The van der Waals surface area contributed by atoms with Crippen LogP contribution < -0.4 is 16.4 Å². The van der Waals surface area contributed by atoms with E-state index >= 15 is 0 Å². The highest BCUT2D eigenvalue weighted by atomic mass is 16.5. The van der Waals surface area contributed by atoms with E-state index in [1.807, 2.05) is 0 Å². The number of nitrogens with two attached hydrogens (primary N) is 1. The second-order valence-electron chi connectivity index (χ2n) is 4.34. The number of primary amides is 1. The fraction of sp³-hybridized carbons (Fsp3) is 0.545. The van der Waals surface area contributed by atoms with Gasteiger partial charge >= 0.3 is 0 Å². The molecule has 1 aromatic heterocycles. The predicted molar refractivity (Wildman–Crippen MR) is 66.7 cm³/mol. The summed E-state index contributed by atoms with van der Waals surface area (Å²) in [5.74, 6) is -1.10. The first kappa shape index (κ1) is 13.5. The van der Waals surface area contributed by atoms with Gasteiger partial charge in [0.05, 0.1) is 18.3 Å². The van der Waals surface area contributed by atoms with Crippen LogP contribution in [0.25, 0.3) is 0 Å². The minimum atomic E-state index is -0.672. The van der Waals surface area contributed by atoms with Gasteiger partial charge in [-0.2, -0.15) is 5.10 Å². The number of ether oxygens (including phenoxy) is 1. The summed E-state index contributed by atoms with van der Waals surface area (Å²) in [5, 5.41) is 9.79. The van der Waals surface area contributed by atoms with E-state index in [-0.39, 0.29) is 17.4 Å². The molecular formula is C11H17N5O3. The predicted octanol–water partition coefficient (Wildman–Crippen LogP) is -1.76. The smallest absolute Gasteiger partial charge is 0.272 e. The molecule has 0 spiro atoms. The van der Waals surface area contributed by atoms with Crippen molar-refractivity contribution < 1.29 is 14.3 Å². The van der Waals surface area contributed by atoms with Gasteiger partial charge < -0.3 is 21.1 Å². The standard InChI is InChI=1S/C11H17N5O3/c1-16-6-8(10(12)17)9(15-16)11(18)14-5-7-4-13-2-3-19-7/h6-7,13H,2-5H2,1H3,(H2,12,17)(H,14,18). The lowest BCUT2D eigenvalue weighted by Crippen LogP contribution is -2.45. The molecule has 2 heterocycles. The molecule has 1 aromatic rings. The summed E-state index contributed by atoms with van der Waals surface area (Å²) in [4.78, 5) is 23.2. The van der Waals surface area contributed by atoms with Crippen LogP contribution in [-0.4, -0.2) is 53.9 Å². The number of nitrogens with one attached hydrogen (secondary N) is 2. The molecule has 2 rings (SSSR count). The maximum atomic E-state index is 12.0. The van der Waals surface area contributed by atoms with Crippen molar-refractivity contribution in [2.24, 2.45) is 12.8 Å². The van der Waals surface area contributed by atoms with Crippen LogP contribution in [0, 0.1) is 0 Å². The molecule has 1 fully saturated rings. The highest BCUT2D eigenvalue weighted by Gasteiger charge is 2.21. The fourth-order valence-electron chi connectivity index (χ4n) is 1.88. The molecule has 0 saturated carbocycles. The van der Waals surface area contributed by atoms with E-state index in [1.165, 1.54) is 10.9 Å². The van der Waals surface area contributed by atoms with E-state index in [4.69, 9.17) is 10.5 Å². The van der Waals surface area contributed by atoms with Gasteiger partial charge in [-0.25, -0.2) is 0 Å². The van der Waals surface area contributed by atoms with Gasteiger partial charge in [0.25, 0.3) is 11.8 Å². The molecule has 0 bridgehead atoms. The second-order valence-corrected chi connectivity index (χ2v) is 4.34. The molecule has 4 N–H and O–H groups in total. The Bertz CT molecular complexity index is 479. The number of hydrogen-bond donors (Lipinski definition) is 3. The Morgan fingerprint density at radius 3 is 3.11 bits per heavy atom. The molecule has 8 nitrogen and oxygen atoms in total. The Kier molecular flexibility index (Phi) is 4.13. The maximum absolute atomic E-state index is 12.0. The Hall–Kier alpha value is -1.93. The van der Waals surface area contributed by atoms with Gasteiger partial charge in [-0.3, -0.25) is 14.3 Å². The average molecular weight is 267 g/mol. The summed E-state index contributed by atoms with van der Waals surface area (Å²) < 4.78 is 6.84. The largest absolute Gasteiger partial charge is 0.374 e. The number of nitrogens with zero attached hydrogens (tertiary/aromatic N) is 2. The van der Waals surface area contributed by atoms with Crippen LogP contribution in [0.3, 0.4) is 0 Å². The number of aromatic nitrogens is 2. The molecule has 0 aliphatic carbocycles. The van der Waals surface area contributed by atoms with Crippen LogP contribution in [0.1, 0.15) is 20.8 Å². The molecule has 0 aromatic carbocycles. The molecular weight excluding hydrogens is 250 g/mol. The van der Waals surface area contributed by atoms with Crippen molar-refractivity contribution >= 4 is 11.8 Å². The third-order valence-electron chi connectivity index (χ3n) is 2.80. The summed E-state index contributed by atoms with van der Waals surface area (Å²) >= 11 is 0. The summed E-state index contributed by atoms with van der Waals surface area (Å²) in [6, 6.07) is 0. The zero-order valence-corrected chi connectivity index (χ0v) is 10.7. The number of rotatable bonds is 4. The van der Waals surface area contributed by atoms with Crippen molar-refractivity contribution in [2.75, 3.05) is 26.2 Å². The number of hydrogen-bond acceptors (Lipinski definition) is 5. The van der Waals surface area contributed by atoms with E-state index in [9.17, 15) is 9.59 Å². The number of carbonyl (C=O) groups is 2. The van der Waals surface area contributed by atoms with Crippen LogP contribution in [0.5, 0.6) is 0 Å². The van der Waals surface area contributed by atoms with Gasteiger partial charge in [-0.1, -0.05) is 0 Å². The van der Waals surface area contributed by atoms with Crippen molar-refractivity contribution in [1.29, 1.82) is 0 Å². The van der Waals surface area contributed by atoms with Gasteiger partial charge in [0.1, 0.15) is 0 Å². The van der Waals surface area contributed by atoms with Crippen molar-refractivity contribution in [3.63, 3.8) is 0 Å². The van der Waals surface area contributed by atoms with Crippen molar-refractivity contribution in [1.82, 2.24) is 20.4 Å². The minimum Gasteiger partial charge on any atom is -0.374 e. The first-order valence-corrected chi connectivity index (χ1v) is 6.02. The van der Waals surface area contributed by atoms with E-state index in [1.54, 1.807) is 7.05 Å². The summed E-state index contributed by atoms with van der Waals surface area (Å²) in [6.07, 6.45) is 1.36. The van der Waals surface area contributed by atoms with Gasteiger partial charge in [0, 0.05) is 32.9 Å². The molecule has 1 atom stereocenters. The van der Waals surface area contributed by atoms with Gasteiger partial charge in [-0.05, 0) is 0 Å². The third-order valence-corrected chi connectivity index (χ3v) is 2.80. The second kappa shape index (κ2) is 5.81. The number of amides is 2. The number of morpholine rings is 1. The molecule has 19 heavy (non-hydrogen) atoms. The molecule has 0 radical (unpaired) electrons. The first-order chi connectivity index (χ1) is 9.08. The quantitative estimate of drug-likeness (QED) is 0.598. The number of carbonyl (C=O) groups excluding carboxylic acids is 2. The summed E-state index contributed by atoms with van der Waals surface area (Å²) in [6.45, 7) is 2.49. The van der Waals surface area contributed by atoms with Crippen LogP contribution in [0.4, 0.5) is 0 Å². The minimum absolute atomic E-state index is 0.0405. The van der Waals surface area contributed by atoms with Gasteiger partial charge in [0.15, 0.2) is 5.69 Å². The zero-order valence-electron chi connectivity index (χ0n) is 10.7. The van der Waals surface area contributed by atoms with Crippen LogP contribution >= 0.6 is 0 Å². The van der Waals surface area contributed by atoms with Crippen molar-refractivity contribution in [2.45, 2.75) is 6.10 Å². The normalized spacial score (nSPS) is 19.1. The molecule has 104 valence electrons. The molecule has 2 amide bonds. The fourth-order valence-corrected chi connectivity index (χ4v) is 1.88. The van der Waals surface area contributed by atoms with Crippen LogP contribution in [-0.2, 0) is 11.8 Å². The number of aryl methyl sites for hydroxylation is 1. The maximum Gasteiger partial charge on any atom is 0.272 e. The van der Waals surface area contributed by atoms with Crippen LogP contribution in [0.15, 0.2) is 6.20 Å². The molecule has 1 unspecified atom stereocenters. The van der Waals surface area contributed by atoms with Crippen molar-refractivity contribution in [3.8, 4) is 0 Å². The van der Waals surface area contributed by atoms with Gasteiger partial charge in [0.2, 0.25) is 0 Å². The monoisotopic (exact) mass is 267 g/mol. The highest BCUT2D eigenvalue weighted by molar-refractivity contribution is 6.05. The molecule has 1 saturated heterocycles. The van der Waals surface area contributed by atoms with E-state index in [2.05, 4.69) is 15.7 Å². The topological polar surface area (TPSA) is 111 Å². The SMILES string of the molecule is Cn1cc(C(N)=O)c(C(=O)NCC2CNCCO2)n1. The van der Waals surface area contributed by atoms with Gasteiger partial charge in [-0.15, -0.1) is 0 Å². The lowest BCUT2D eigenvalue weighted by Gasteiger charge is -2.23. The zero-order chi connectivity index (χ0) is 13.8. The highest BCUT2D eigenvalue weighted by Crippen LogP contribution is 2.05. The Morgan fingerprint density at radius 1 is 1.68 bits per heavy atom. The Morgan fingerprint density at radius 2 is 2.47 bits per heavy atom. The first-order valence-electron chi connectivity index (χ1n) is 6.02. The summed E-state index contributed by atoms with van der Waals surface area (Å²) in [5.41, 5.74) is 5.35. The van der Waals surface area contributed by atoms with E-state index in [0.717, 1.165) is 6.54 Å². The molecule has 1 aliphatic heterocycles.